The summed E-state index contributed by atoms with van der Waals surface area (Å²) >= 11 is 0. The van der Waals surface area contributed by atoms with E-state index in [4.69, 9.17) is 15.7 Å². The molecule has 1 aliphatic carbocycles. The molecule has 4 nitrogen and oxygen atoms in total. The van der Waals surface area contributed by atoms with Crippen LogP contribution < -0.4 is 10.5 Å². The number of ether oxygens (including phenoxy) is 1. The predicted molar refractivity (Wildman–Crippen MR) is 59.6 cm³/mol. The Hall–Kier alpha value is -2.02. The largest absolute Gasteiger partial charge is 0.497 e. The number of nitrogens with zero attached hydrogens (tertiary/aromatic N) is 1. The van der Waals surface area contributed by atoms with Gasteiger partial charge in [-0.1, -0.05) is 0 Å². The maximum absolute atomic E-state index is 9.98. The Labute approximate surface area is 94.6 Å². The van der Waals surface area contributed by atoms with Gasteiger partial charge in [-0.3, -0.25) is 4.79 Å². The lowest BCUT2D eigenvalue weighted by Crippen LogP contribution is -2.11. The van der Waals surface area contributed by atoms with Crippen LogP contribution in [0.25, 0.3) is 0 Å². The molecule has 0 radical (unpaired) electrons. The van der Waals surface area contributed by atoms with E-state index in [0.717, 1.165) is 18.6 Å². The molecule has 0 heterocycles. The van der Waals surface area contributed by atoms with E-state index >= 15 is 0 Å². The summed E-state index contributed by atoms with van der Waals surface area (Å²) in [6, 6.07) is 8.99. The van der Waals surface area contributed by atoms with E-state index in [0.29, 0.717) is 5.56 Å². The Balaban J connectivity index is 0.000000181. The van der Waals surface area contributed by atoms with E-state index < -0.39 is 0 Å². The van der Waals surface area contributed by atoms with Crippen LogP contribution in [-0.4, -0.2) is 13.0 Å². The SMILES string of the molecule is COc1ccc(C#N)cc1.NC(=O)C1CC1. The number of methoxy groups -OCH3 is 1. The van der Waals surface area contributed by atoms with Gasteiger partial charge in [0, 0.05) is 5.92 Å². The van der Waals surface area contributed by atoms with Gasteiger partial charge in [0.15, 0.2) is 0 Å². The minimum Gasteiger partial charge on any atom is -0.497 e. The molecule has 1 saturated carbocycles. The third-order valence-electron chi connectivity index (χ3n) is 2.20. The highest BCUT2D eigenvalue weighted by atomic mass is 16.5. The molecule has 0 saturated heterocycles. The van der Waals surface area contributed by atoms with Crippen LogP contribution in [0.1, 0.15) is 18.4 Å². The summed E-state index contributed by atoms with van der Waals surface area (Å²) in [5, 5.41) is 8.41. The molecule has 1 aromatic carbocycles. The zero-order valence-corrected chi connectivity index (χ0v) is 9.14. The standard InChI is InChI=1S/C8H7NO.C4H7NO/c1-10-8-4-2-7(6-9)3-5-8;5-4(6)3-1-2-3/h2-5H,1H3;3H,1-2H2,(H2,5,6). The number of benzene rings is 1. The van der Waals surface area contributed by atoms with E-state index in [-0.39, 0.29) is 11.8 Å². The van der Waals surface area contributed by atoms with Crippen molar-refractivity contribution in [3.05, 3.63) is 29.8 Å². The third-order valence-corrected chi connectivity index (χ3v) is 2.20. The van der Waals surface area contributed by atoms with Crippen LogP contribution in [-0.2, 0) is 4.79 Å². The Bertz CT molecular complexity index is 388. The number of primary amides is 1. The smallest absolute Gasteiger partial charge is 0.220 e. The van der Waals surface area contributed by atoms with Crippen molar-refractivity contribution in [2.45, 2.75) is 12.8 Å². The fourth-order valence-corrected chi connectivity index (χ4v) is 1.03. The Kier molecular flexibility index (Phi) is 4.34. The number of carbonyl (C=O) groups excluding carboxylic acids is 1. The zero-order chi connectivity index (χ0) is 12.0. The lowest BCUT2D eigenvalue weighted by atomic mass is 10.2. The molecule has 1 amide bonds. The minimum absolute atomic E-state index is 0.130. The second-order valence-electron chi connectivity index (χ2n) is 3.52. The van der Waals surface area contributed by atoms with Gasteiger partial charge in [-0.2, -0.15) is 5.26 Å². The van der Waals surface area contributed by atoms with Crippen molar-refractivity contribution in [2.75, 3.05) is 7.11 Å². The van der Waals surface area contributed by atoms with Gasteiger partial charge in [0.25, 0.3) is 0 Å². The first-order valence-corrected chi connectivity index (χ1v) is 5.01. The molecule has 0 unspecified atom stereocenters. The molecular formula is C12H14N2O2. The van der Waals surface area contributed by atoms with Gasteiger partial charge in [0.2, 0.25) is 5.91 Å². The number of amides is 1. The Morgan fingerprint density at radius 2 is 2.00 bits per heavy atom. The quantitative estimate of drug-likeness (QED) is 0.816. The Morgan fingerprint density at radius 3 is 2.25 bits per heavy atom. The molecule has 4 heteroatoms. The fraction of sp³-hybridized carbons (Fsp3) is 0.333. The summed E-state index contributed by atoms with van der Waals surface area (Å²) in [4.78, 5) is 9.98. The summed E-state index contributed by atoms with van der Waals surface area (Å²) in [6.07, 6.45) is 2.05. The summed E-state index contributed by atoms with van der Waals surface area (Å²) in [5.74, 6) is 0.888. The van der Waals surface area contributed by atoms with E-state index in [1.807, 2.05) is 6.07 Å². The van der Waals surface area contributed by atoms with Crippen molar-refractivity contribution in [3.63, 3.8) is 0 Å². The molecule has 0 aromatic heterocycles. The van der Waals surface area contributed by atoms with Crippen LogP contribution in [0, 0.1) is 17.2 Å². The monoisotopic (exact) mass is 218 g/mol. The second-order valence-corrected chi connectivity index (χ2v) is 3.52. The van der Waals surface area contributed by atoms with Gasteiger partial charge in [0.1, 0.15) is 5.75 Å². The number of nitriles is 1. The average Bonchev–Trinajstić information content (AvgIpc) is 3.14. The normalized spacial score (nSPS) is 13.0. The number of rotatable bonds is 2. The van der Waals surface area contributed by atoms with Crippen LogP contribution >= 0.6 is 0 Å². The van der Waals surface area contributed by atoms with Crippen molar-refractivity contribution < 1.29 is 9.53 Å². The molecule has 0 spiro atoms. The average molecular weight is 218 g/mol. The van der Waals surface area contributed by atoms with Crippen LogP contribution in [0.4, 0.5) is 0 Å². The summed E-state index contributed by atoms with van der Waals surface area (Å²) in [5.41, 5.74) is 5.51. The van der Waals surface area contributed by atoms with Gasteiger partial charge in [0.05, 0.1) is 18.7 Å². The van der Waals surface area contributed by atoms with Gasteiger partial charge < -0.3 is 10.5 Å². The Morgan fingerprint density at radius 1 is 1.44 bits per heavy atom. The molecule has 2 rings (SSSR count). The van der Waals surface area contributed by atoms with Crippen molar-refractivity contribution >= 4 is 5.91 Å². The van der Waals surface area contributed by atoms with Gasteiger partial charge in [-0.25, -0.2) is 0 Å². The topological polar surface area (TPSA) is 76.1 Å². The highest BCUT2D eigenvalue weighted by molar-refractivity contribution is 5.78. The third kappa shape index (κ3) is 4.01. The maximum Gasteiger partial charge on any atom is 0.220 e. The van der Waals surface area contributed by atoms with Crippen molar-refractivity contribution in [1.82, 2.24) is 0 Å². The highest BCUT2D eigenvalue weighted by Gasteiger charge is 2.26. The molecule has 1 fully saturated rings. The van der Waals surface area contributed by atoms with Crippen molar-refractivity contribution in [1.29, 1.82) is 5.26 Å². The number of carbonyl (C=O) groups is 1. The summed E-state index contributed by atoms with van der Waals surface area (Å²) < 4.78 is 4.90. The first kappa shape index (κ1) is 12.1. The van der Waals surface area contributed by atoms with E-state index in [1.165, 1.54) is 0 Å². The van der Waals surface area contributed by atoms with Gasteiger partial charge >= 0.3 is 0 Å². The number of hydrogen-bond acceptors (Lipinski definition) is 3. The molecule has 1 aromatic rings. The van der Waals surface area contributed by atoms with Crippen LogP contribution in [0.15, 0.2) is 24.3 Å². The molecule has 0 atom stereocenters. The molecule has 16 heavy (non-hydrogen) atoms. The highest BCUT2D eigenvalue weighted by Crippen LogP contribution is 2.27. The lowest BCUT2D eigenvalue weighted by molar-refractivity contribution is -0.119. The van der Waals surface area contributed by atoms with E-state index in [1.54, 1.807) is 31.4 Å². The molecule has 0 aliphatic heterocycles. The van der Waals surface area contributed by atoms with Crippen molar-refractivity contribution in [3.8, 4) is 11.8 Å². The van der Waals surface area contributed by atoms with Crippen LogP contribution in [0.2, 0.25) is 0 Å². The second kappa shape index (κ2) is 5.76. The first-order valence-electron chi connectivity index (χ1n) is 5.01. The number of nitrogens with two attached hydrogens (primary N) is 1. The lowest BCUT2D eigenvalue weighted by Gasteiger charge is -1.96. The zero-order valence-electron chi connectivity index (χ0n) is 9.14. The molecule has 0 bridgehead atoms. The maximum atomic E-state index is 9.98. The van der Waals surface area contributed by atoms with E-state index in [9.17, 15) is 4.79 Å². The molecule has 1 aliphatic rings. The number of hydrogen-bond donors (Lipinski definition) is 1. The minimum atomic E-state index is -0.130. The predicted octanol–water partition coefficient (Wildman–Crippen LogP) is 1.45. The van der Waals surface area contributed by atoms with Gasteiger partial charge in [-0.15, -0.1) is 0 Å². The summed E-state index contributed by atoms with van der Waals surface area (Å²) in [7, 11) is 1.60. The molecule has 84 valence electrons. The summed E-state index contributed by atoms with van der Waals surface area (Å²) in [6.45, 7) is 0. The molecule has 2 N–H and O–H groups in total. The van der Waals surface area contributed by atoms with Crippen LogP contribution in [0.3, 0.4) is 0 Å². The van der Waals surface area contributed by atoms with Crippen molar-refractivity contribution in [2.24, 2.45) is 11.7 Å². The fourth-order valence-electron chi connectivity index (χ4n) is 1.03. The van der Waals surface area contributed by atoms with Gasteiger partial charge in [-0.05, 0) is 37.1 Å². The molecular weight excluding hydrogens is 204 g/mol. The van der Waals surface area contributed by atoms with E-state index in [2.05, 4.69) is 0 Å². The van der Waals surface area contributed by atoms with Crippen LogP contribution in [0.5, 0.6) is 5.75 Å². The first-order chi connectivity index (χ1) is 7.67.